The van der Waals surface area contributed by atoms with Crippen LogP contribution in [-0.4, -0.2) is 73.9 Å². The van der Waals surface area contributed by atoms with Gasteiger partial charge in [-0.25, -0.2) is 8.42 Å². The van der Waals surface area contributed by atoms with Crippen molar-refractivity contribution in [3.63, 3.8) is 0 Å². The molecule has 220 valence electrons. The zero-order chi connectivity index (χ0) is 31.4. The third-order valence-electron chi connectivity index (χ3n) is 3.45. The van der Waals surface area contributed by atoms with Gasteiger partial charge in [-0.05, 0) is 44.0 Å². The SMILES string of the molecule is CC1=CC(=O)N(C(=O)C(=O)N2C(=O)C=C(C)OS2(=O)=O)S(=O)(=O)O1.CC1=CC(=O)[N-]S(=O)(=O)O1.O=C(Cl)C(=O)Cl.[K+]. The van der Waals surface area contributed by atoms with Crippen LogP contribution < -0.4 is 51.4 Å². The predicted molar refractivity (Wildman–Crippen MR) is 125 cm³/mol. The van der Waals surface area contributed by atoms with Crippen LogP contribution in [0.15, 0.2) is 35.5 Å². The van der Waals surface area contributed by atoms with Crippen LogP contribution in [0.4, 0.5) is 0 Å². The summed E-state index contributed by atoms with van der Waals surface area (Å²) in [4.78, 5) is 76.5. The fourth-order valence-corrected chi connectivity index (χ4v) is 4.95. The van der Waals surface area contributed by atoms with Gasteiger partial charge in [0.15, 0.2) is 0 Å². The van der Waals surface area contributed by atoms with Crippen molar-refractivity contribution >= 4 is 94.1 Å². The minimum absolute atomic E-state index is 0. The minimum atomic E-state index is -5.01. The molecule has 3 heterocycles. The average molecular weight is 708 g/mol. The number of halogens is 2. The van der Waals surface area contributed by atoms with Gasteiger partial charge in [-0.2, -0.15) is 16.8 Å². The summed E-state index contributed by atoms with van der Waals surface area (Å²) in [7, 11) is -14.0. The normalized spacial score (nSPS) is 19.5. The van der Waals surface area contributed by atoms with Gasteiger partial charge in [-0.15, -0.1) is 8.61 Å². The van der Waals surface area contributed by atoms with Crippen molar-refractivity contribution in [3.05, 3.63) is 40.2 Å². The number of carbonyl (C=O) groups excluding carboxylic acids is 7. The van der Waals surface area contributed by atoms with E-state index in [1.165, 1.54) is 6.92 Å². The second-order valence-corrected chi connectivity index (χ2v) is 11.3. The van der Waals surface area contributed by atoms with Crippen LogP contribution in [0.1, 0.15) is 20.8 Å². The van der Waals surface area contributed by atoms with Crippen LogP contribution in [0.5, 0.6) is 0 Å². The van der Waals surface area contributed by atoms with Crippen molar-refractivity contribution in [2.45, 2.75) is 20.8 Å². The third kappa shape index (κ3) is 11.2. The molecule has 25 heteroatoms. The first kappa shape index (κ1) is 38.8. The summed E-state index contributed by atoms with van der Waals surface area (Å²) in [5, 5.41) is -2.28. The maximum absolute atomic E-state index is 12.0. The number of allylic oxidation sites excluding steroid dienone is 3. The topological polar surface area (TPSA) is 270 Å². The van der Waals surface area contributed by atoms with E-state index in [4.69, 9.17) is 0 Å². The van der Waals surface area contributed by atoms with Gasteiger partial charge in [0.25, 0.3) is 22.1 Å². The molecule has 19 nitrogen and oxygen atoms in total. The molecule has 0 saturated heterocycles. The number of hydrogen-bond donors (Lipinski definition) is 0. The van der Waals surface area contributed by atoms with E-state index >= 15 is 0 Å². The monoisotopic (exact) mass is 707 g/mol. The largest absolute Gasteiger partial charge is 1.00 e. The summed E-state index contributed by atoms with van der Waals surface area (Å²) < 4.78 is 81.9. The number of amides is 5. The van der Waals surface area contributed by atoms with Crippen molar-refractivity contribution in [1.29, 1.82) is 0 Å². The maximum atomic E-state index is 12.0. The molecule has 0 atom stereocenters. The summed E-state index contributed by atoms with van der Waals surface area (Å²) in [5.74, 6) is -8.70. The van der Waals surface area contributed by atoms with Crippen molar-refractivity contribution < 1.29 is 123 Å². The van der Waals surface area contributed by atoms with E-state index in [1.807, 2.05) is 0 Å². The molecule has 0 unspecified atom stereocenters. The van der Waals surface area contributed by atoms with Crippen LogP contribution in [0, 0.1) is 0 Å². The minimum Gasteiger partial charge on any atom is -0.509 e. The molecular formula is C16H12Cl2KN3O16S3. The molecule has 0 saturated carbocycles. The number of imide groups is 2. The first-order valence-electron chi connectivity index (χ1n) is 9.32. The van der Waals surface area contributed by atoms with Gasteiger partial charge >= 0.3 is 94.3 Å². The van der Waals surface area contributed by atoms with E-state index in [9.17, 15) is 58.8 Å². The Bertz CT molecular complexity index is 1540. The van der Waals surface area contributed by atoms with E-state index in [0.29, 0.717) is 12.2 Å². The summed E-state index contributed by atoms with van der Waals surface area (Å²) in [6.45, 7) is 3.56. The molecular weight excluding hydrogens is 696 g/mol. The fraction of sp³-hybridized carbons (Fsp3) is 0.188. The molecule has 0 aromatic heterocycles. The molecule has 0 aliphatic carbocycles. The smallest absolute Gasteiger partial charge is 0.509 e. The Labute approximate surface area is 283 Å². The second-order valence-electron chi connectivity index (χ2n) is 6.65. The van der Waals surface area contributed by atoms with Crippen LogP contribution in [0.25, 0.3) is 4.72 Å². The van der Waals surface area contributed by atoms with Gasteiger partial charge < -0.3 is 22.1 Å². The van der Waals surface area contributed by atoms with Gasteiger partial charge in [0.2, 0.25) is 0 Å². The Kier molecular flexibility index (Phi) is 14.0. The van der Waals surface area contributed by atoms with Crippen LogP contribution in [-0.2, 0) is 77.0 Å². The van der Waals surface area contributed by atoms with Gasteiger partial charge in [0.1, 0.15) is 17.3 Å². The quantitative estimate of drug-likeness (QED) is 0.141. The standard InChI is InChI=1S/C10H8N2O10S2.C4H5NO4S.C2Cl2O2.K/c1-5-3-7(13)11(23(17,18)21-5)9(15)10(16)12-8(14)4-6(2)22-24(12,19)20;1-3-2-4(6)5-10(7,8)9-3;3-1(5)2(4)6;/h3-4H,1-2H3;2H,1H3,(H,5,6);;/q;;;+1/p-1. The number of carbonyl (C=O) groups is 7. The van der Waals surface area contributed by atoms with Gasteiger partial charge in [-0.1, -0.05) is 0 Å². The second kappa shape index (κ2) is 14.8. The Hall–Kier alpha value is -2.22. The number of rotatable bonds is 1. The molecule has 3 aliphatic heterocycles. The van der Waals surface area contributed by atoms with Crippen molar-refractivity contribution in [3.8, 4) is 0 Å². The molecule has 5 amide bonds. The average Bonchev–Trinajstić information content (AvgIpc) is 2.69. The Morgan fingerprint density at radius 2 is 0.976 bits per heavy atom. The Morgan fingerprint density at radius 1 is 0.659 bits per heavy atom. The van der Waals surface area contributed by atoms with Crippen molar-refractivity contribution in [2.24, 2.45) is 0 Å². The van der Waals surface area contributed by atoms with E-state index < -0.39 is 79.5 Å². The summed E-state index contributed by atoms with van der Waals surface area (Å²) in [6, 6.07) is 0. The van der Waals surface area contributed by atoms with Gasteiger partial charge in [-0.3, -0.25) is 28.8 Å². The summed E-state index contributed by atoms with van der Waals surface area (Å²) >= 11 is 8.98. The molecule has 0 radical (unpaired) electrons. The van der Waals surface area contributed by atoms with Gasteiger partial charge in [0.05, 0.1) is 5.91 Å². The third-order valence-corrected chi connectivity index (χ3v) is 7.30. The van der Waals surface area contributed by atoms with E-state index in [2.05, 4.69) is 40.5 Å². The predicted octanol–water partition coefficient (Wildman–Crippen LogP) is -4.36. The van der Waals surface area contributed by atoms with Crippen LogP contribution in [0.2, 0.25) is 0 Å². The molecule has 3 aliphatic rings. The van der Waals surface area contributed by atoms with Crippen LogP contribution >= 0.6 is 23.2 Å². The van der Waals surface area contributed by atoms with Crippen molar-refractivity contribution in [2.75, 3.05) is 0 Å². The molecule has 0 aromatic carbocycles. The molecule has 0 aromatic rings. The summed E-state index contributed by atoms with van der Waals surface area (Å²) in [5.41, 5.74) is 0. The van der Waals surface area contributed by atoms with Crippen molar-refractivity contribution in [1.82, 2.24) is 8.61 Å². The van der Waals surface area contributed by atoms with E-state index in [0.717, 1.165) is 19.9 Å². The van der Waals surface area contributed by atoms with E-state index in [1.54, 1.807) is 0 Å². The van der Waals surface area contributed by atoms with E-state index in [-0.39, 0.29) is 68.7 Å². The Balaban J connectivity index is 0.000000774. The number of nitrogens with zero attached hydrogens (tertiary/aromatic N) is 3. The molecule has 0 spiro atoms. The zero-order valence-corrected chi connectivity index (χ0v) is 27.7. The molecule has 41 heavy (non-hydrogen) atoms. The number of hydrogen-bond acceptors (Lipinski definition) is 16. The molecule has 0 fully saturated rings. The van der Waals surface area contributed by atoms with Crippen LogP contribution in [0.3, 0.4) is 0 Å². The summed E-state index contributed by atoms with van der Waals surface area (Å²) in [6.07, 6.45) is 2.17. The first-order valence-corrected chi connectivity index (χ1v) is 14.2. The molecule has 0 bridgehead atoms. The maximum Gasteiger partial charge on any atom is 1.00 e. The fourth-order valence-electron chi connectivity index (χ4n) is 2.24. The van der Waals surface area contributed by atoms with Gasteiger partial charge in [0, 0.05) is 18.2 Å². The molecule has 3 rings (SSSR count). The Morgan fingerprint density at radius 3 is 1.22 bits per heavy atom. The first-order chi connectivity index (χ1) is 18.0. The molecule has 0 N–H and O–H groups in total. The zero-order valence-electron chi connectivity index (χ0n) is 20.6.